The molecule has 6 nitrogen and oxygen atoms in total. The molecule has 0 radical (unpaired) electrons. The number of unbranched alkanes of at least 4 members (excludes halogenated alkanes) is 1. The number of aryl methyl sites for hydroxylation is 1. The zero-order valence-corrected chi connectivity index (χ0v) is 15.0. The van der Waals surface area contributed by atoms with Gasteiger partial charge in [0.15, 0.2) is 0 Å². The molecule has 0 bridgehead atoms. The Balaban J connectivity index is 2.02. The number of amides is 1. The van der Waals surface area contributed by atoms with Gasteiger partial charge < -0.3 is 14.6 Å². The molecule has 0 spiro atoms. The number of fused-ring (bicyclic) bond motifs is 1. The van der Waals surface area contributed by atoms with Crippen LogP contribution in [0.15, 0.2) is 10.6 Å². The van der Waals surface area contributed by atoms with E-state index in [1.165, 1.54) is 0 Å². The van der Waals surface area contributed by atoms with E-state index in [-0.39, 0.29) is 11.8 Å². The van der Waals surface area contributed by atoms with Gasteiger partial charge in [-0.25, -0.2) is 4.98 Å². The number of hydrogen-bond acceptors (Lipinski definition) is 5. The quantitative estimate of drug-likeness (QED) is 0.710. The first-order chi connectivity index (χ1) is 11.5. The maximum atomic E-state index is 12.6. The second kappa shape index (κ2) is 8.78. The number of hydrogen-bond donors (Lipinski definition) is 1. The van der Waals surface area contributed by atoms with E-state index in [0.717, 1.165) is 31.6 Å². The molecule has 1 amide bonds. The van der Waals surface area contributed by atoms with Crippen molar-refractivity contribution in [3.63, 3.8) is 0 Å². The summed E-state index contributed by atoms with van der Waals surface area (Å²) in [5.41, 5.74) is 2.51. The van der Waals surface area contributed by atoms with Crippen molar-refractivity contribution >= 4 is 17.0 Å². The van der Waals surface area contributed by atoms with Crippen molar-refractivity contribution in [3.8, 4) is 0 Å². The average Bonchev–Trinajstić information content (AvgIpc) is 2.94. The van der Waals surface area contributed by atoms with E-state index in [2.05, 4.69) is 22.4 Å². The summed E-state index contributed by atoms with van der Waals surface area (Å²) < 4.78 is 10.8. The zero-order chi connectivity index (χ0) is 17.5. The number of aromatic nitrogens is 2. The van der Waals surface area contributed by atoms with Crippen LogP contribution in [0.3, 0.4) is 0 Å². The predicted molar refractivity (Wildman–Crippen MR) is 93.3 cm³/mol. The van der Waals surface area contributed by atoms with Crippen molar-refractivity contribution in [1.82, 2.24) is 15.5 Å². The van der Waals surface area contributed by atoms with Crippen LogP contribution in [0.1, 0.15) is 67.7 Å². The van der Waals surface area contributed by atoms with Crippen LogP contribution in [0, 0.1) is 6.92 Å². The number of ether oxygens (including phenoxy) is 1. The third-order valence-electron chi connectivity index (χ3n) is 3.87. The highest BCUT2D eigenvalue weighted by Gasteiger charge is 2.19. The first-order valence-corrected chi connectivity index (χ1v) is 8.67. The highest BCUT2D eigenvalue weighted by atomic mass is 16.5. The number of nitrogens with zero attached hydrogens (tertiary/aromatic N) is 2. The van der Waals surface area contributed by atoms with Gasteiger partial charge in [0.2, 0.25) is 0 Å². The number of pyridine rings is 1. The summed E-state index contributed by atoms with van der Waals surface area (Å²) in [6, 6.07) is 1.84. The van der Waals surface area contributed by atoms with E-state index in [0.29, 0.717) is 35.5 Å². The minimum absolute atomic E-state index is 0.121. The lowest BCUT2D eigenvalue weighted by Gasteiger charge is -2.10. The van der Waals surface area contributed by atoms with E-state index >= 15 is 0 Å². The van der Waals surface area contributed by atoms with Crippen LogP contribution in [-0.2, 0) is 4.74 Å². The molecule has 2 aromatic rings. The summed E-state index contributed by atoms with van der Waals surface area (Å²) >= 11 is 0. The van der Waals surface area contributed by atoms with Gasteiger partial charge in [0.1, 0.15) is 0 Å². The predicted octanol–water partition coefficient (Wildman–Crippen LogP) is 3.59. The normalized spacial score (nSPS) is 11.4. The van der Waals surface area contributed by atoms with Gasteiger partial charge in [-0.3, -0.25) is 4.79 Å². The molecule has 0 unspecified atom stereocenters. The Morgan fingerprint density at radius 3 is 2.79 bits per heavy atom. The average molecular weight is 333 g/mol. The number of rotatable bonds is 9. The van der Waals surface area contributed by atoms with Crippen LogP contribution >= 0.6 is 0 Å². The lowest BCUT2D eigenvalue weighted by Crippen LogP contribution is -2.26. The maximum Gasteiger partial charge on any atom is 0.259 e. The van der Waals surface area contributed by atoms with Crippen molar-refractivity contribution in [2.75, 3.05) is 19.8 Å². The third kappa shape index (κ3) is 4.54. The molecule has 132 valence electrons. The summed E-state index contributed by atoms with van der Waals surface area (Å²) in [6.07, 6.45) is 3.00. The first kappa shape index (κ1) is 18.4. The van der Waals surface area contributed by atoms with Crippen molar-refractivity contribution in [1.29, 1.82) is 0 Å². The standard InChI is InChI=1S/C18H27N3O3/c1-5-6-9-23-10-7-8-19-17(22)14-11-15(12(2)3)20-18-16(14)13(4)21-24-18/h11-12H,5-10H2,1-4H3,(H,19,22). The van der Waals surface area contributed by atoms with E-state index < -0.39 is 0 Å². The minimum Gasteiger partial charge on any atom is -0.381 e. The molecule has 0 saturated heterocycles. The number of nitrogens with one attached hydrogen (secondary N) is 1. The van der Waals surface area contributed by atoms with Gasteiger partial charge in [-0.1, -0.05) is 32.3 Å². The largest absolute Gasteiger partial charge is 0.381 e. The van der Waals surface area contributed by atoms with Crippen LogP contribution in [0.5, 0.6) is 0 Å². The number of carbonyl (C=O) groups excluding carboxylic acids is 1. The summed E-state index contributed by atoms with van der Waals surface area (Å²) in [7, 11) is 0. The van der Waals surface area contributed by atoms with Crippen LogP contribution in [0.2, 0.25) is 0 Å². The SMILES string of the molecule is CCCCOCCCNC(=O)c1cc(C(C)C)nc2onc(C)c12. The maximum absolute atomic E-state index is 12.6. The molecule has 0 aliphatic heterocycles. The minimum atomic E-state index is -0.121. The fraction of sp³-hybridized carbons (Fsp3) is 0.611. The Morgan fingerprint density at radius 1 is 1.33 bits per heavy atom. The Labute approximate surface area is 143 Å². The molecule has 0 fully saturated rings. The molecule has 6 heteroatoms. The van der Waals surface area contributed by atoms with Gasteiger partial charge in [-0.2, -0.15) is 0 Å². The fourth-order valence-electron chi connectivity index (χ4n) is 2.41. The van der Waals surface area contributed by atoms with Crippen LogP contribution in [-0.4, -0.2) is 35.8 Å². The van der Waals surface area contributed by atoms with Gasteiger partial charge in [-0.15, -0.1) is 0 Å². The second-order valence-corrected chi connectivity index (χ2v) is 6.27. The Bertz CT molecular complexity index is 679. The molecule has 0 aromatic carbocycles. The Hall–Kier alpha value is -1.95. The molecule has 0 saturated carbocycles. The van der Waals surface area contributed by atoms with Crippen LogP contribution in [0.25, 0.3) is 11.1 Å². The van der Waals surface area contributed by atoms with Crippen LogP contribution < -0.4 is 5.32 Å². The van der Waals surface area contributed by atoms with Gasteiger partial charge in [-0.05, 0) is 31.7 Å². The zero-order valence-electron chi connectivity index (χ0n) is 15.0. The van der Waals surface area contributed by atoms with Crippen molar-refractivity contribution < 1.29 is 14.1 Å². The molecule has 0 aliphatic carbocycles. The summed E-state index contributed by atoms with van der Waals surface area (Å²) in [5, 5.41) is 7.58. The smallest absolute Gasteiger partial charge is 0.259 e. The van der Waals surface area contributed by atoms with Crippen molar-refractivity contribution in [2.45, 2.75) is 52.9 Å². The Kier molecular flexibility index (Phi) is 6.73. The van der Waals surface area contributed by atoms with Crippen molar-refractivity contribution in [2.24, 2.45) is 0 Å². The fourth-order valence-corrected chi connectivity index (χ4v) is 2.41. The summed E-state index contributed by atoms with van der Waals surface area (Å²) in [4.78, 5) is 17.0. The van der Waals surface area contributed by atoms with Gasteiger partial charge >= 0.3 is 0 Å². The van der Waals surface area contributed by atoms with E-state index in [9.17, 15) is 4.79 Å². The third-order valence-corrected chi connectivity index (χ3v) is 3.87. The highest BCUT2D eigenvalue weighted by Crippen LogP contribution is 2.24. The molecule has 2 rings (SSSR count). The second-order valence-electron chi connectivity index (χ2n) is 6.27. The molecule has 1 N–H and O–H groups in total. The van der Waals surface area contributed by atoms with E-state index in [1.807, 2.05) is 26.8 Å². The summed E-state index contributed by atoms with van der Waals surface area (Å²) in [6.45, 7) is 10.1. The van der Waals surface area contributed by atoms with Crippen LogP contribution in [0.4, 0.5) is 0 Å². The lowest BCUT2D eigenvalue weighted by atomic mass is 10.0. The molecular weight excluding hydrogens is 306 g/mol. The molecule has 0 atom stereocenters. The van der Waals surface area contributed by atoms with Gasteiger partial charge in [0.25, 0.3) is 11.6 Å². The lowest BCUT2D eigenvalue weighted by molar-refractivity contribution is 0.0941. The summed E-state index contributed by atoms with van der Waals surface area (Å²) in [5.74, 6) is 0.0856. The highest BCUT2D eigenvalue weighted by molar-refractivity contribution is 6.06. The van der Waals surface area contributed by atoms with E-state index in [1.54, 1.807) is 0 Å². The van der Waals surface area contributed by atoms with E-state index in [4.69, 9.17) is 9.26 Å². The Morgan fingerprint density at radius 2 is 2.08 bits per heavy atom. The molecule has 0 aliphatic rings. The molecule has 24 heavy (non-hydrogen) atoms. The topological polar surface area (TPSA) is 77.2 Å². The monoisotopic (exact) mass is 333 g/mol. The van der Waals surface area contributed by atoms with Gasteiger partial charge in [0, 0.05) is 25.5 Å². The first-order valence-electron chi connectivity index (χ1n) is 8.67. The number of carbonyl (C=O) groups is 1. The molecule has 2 heterocycles. The molecule has 2 aromatic heterocycles. The molecular formula is C18H27N3O3. The van der Waals surface area contributed by atoms with Gasteiger partial charge in [0.05, 0.1) is 16.6 Å². The van der Waals surface area contributed by atoms with Crippen molar-refractivity contribution in [3.05, 3.63) is 23.0 Å².